The van der Waals surface area contributed by atoms with E-state index in [2.05, 4.69) is 10.2 Å². The number of nitrogens with zero attached hydrogens (tertiary/aromatic N) is 3. The van der Waals surface area contributed by atoms with Gasteiger partial charge < -0.3 is 9.84 Å². The molecule has 0 saturated heterocycles. The van der Waals surface area contributed by atoms with Crippen LogP contribution >= 0.6 is 0 Å². The molecule has 2 aromatic rings. The molecular weight excluding hydrogens is 234 g/mol. The maximum Gasteiger partial charge on any atom is 0.306 e. The fourth-order valence-electron chi connectivity index (χ4n) is 1.51. The van der Waals surface area contributed by atoms with Crippen LogP contribution in [-0.4, -0.2) is 32.4 Å². The summed E-state index contributed by atoms with van der Waals surface area (Å²) in [5.41, 5.74) is 0.933. The molecule has 1 heterocycles. The molecule has 0 spiro atoms. The Labute approximate surface area is 104 Å². The van der Waals surface area contributed by atoms with Gasteiger partial charge in [0, 0.05) is 5.69 Å². The molecule has 6 nitrogen and oxygen atoms in total. The van der Waals surface area contributed by atoms with E-state index < -0.39 is 5.97 Å². The average Bonchev–Trinajstić information content (AvgIpc) is 2.76. The quantitative estimate of drug-likeness (QED) is 0.864. The van der Waals surface area contributed by atoms with Crippen molar-refractivity contribution in [2.75, 3.05) is 6.61 Å². The summed E-state index contributed by atoms with van der Waals surface area (Å²) in [4.78, 5) is 10.3. The maximum absolute atomic E-state index is 10.3. The number of benzene rings is 1. The van der Waals surface area contributed by atoms with E-state index in [1.165, 1.54) is 0 Å². The third kappa shape index (κ3) is 2.85. The standard InChI is InChI=1S/C12H13N3O3/c1-9-14-13-8-15(9)10-2-4-11(5-3-10)18-7-6-12(16)17/h2-5,8H,6-7H2,1H3,(H,16,17). The third-order valence-electron chi connectivity index (χ3n) is 2.42. The van der Waals surface area contributed by atoms with Gasteiger partial charge in [-0.05, 0) is 31.2 Å². The highest BCUT2D eigenvalue weighted by molar-refractivity contribution is 5.66. The van der Waals surface area contributed by atoms with Crippen molar-refractivity contribution in [3.8, 4) is 11.4 Å². The van der Waals surface area contributed by atoms with Crippen molar-refractivity contribution in [2.45, 2.75) is 13.3 Å². The Hall–Kier alpha value is -2.37. The van der Waals surface area contributed by atoms with Crippen LogP contribution in [0.25, 0.3) is 5.69 Å². The number of aryl methyl sites for hydroxylation is 1. The normalized spacial score (nSPS) is 10.3. The van der Waals surface area contributed by atoms with Gasteiger partial charge in [0.05, 0.1) is 13.0 Å². The summed E-state index contributed by atoms with van der Waals surface area (Å²) < 4.78 is 7.15. The zero-order valence-electron chi connectivity index (χ0n) is 9.91. The van der Waals surface area contributed by atoms with Crippen molar-refractivity contribution >= 4 is 5.97 Å². The Morgan fingerprint density at radius 2 is 2.11 bits per heavy atom. The van der Waals surface area contributed by atoms with Gasteiger partial charge in [-0.2, -0.15) is 0 Å². The fraction of sp³-hybridized carbons (Fsp3) is 0.250. The van der Waals surface area contributed by atoms with E-state index in [1.807, 2.05) is 23.6 Å². The second-order valence-electron chi connectivity index (χ2n) is 3.73. The molecular formula is C12H13N3O3. The van der Waals surface area contributed by atoms with Gasteiger partial charge in [-0.25, -0.2) is 0 Å². The Bertz CT molecular complexity index is 534. The molecule has 0 saturated carbocycles. The molecule has 0 aliphatic heterocycles. The Balaban J connectivity index is 2.02. The predicted octanol–water partition coefficient (Wildman–Crippen LogP) is 1.43. The molecule has 0 aliphatic rings. The monoisotopic (exact) mass is 247 g/mol. The number of ether oxygens (including phenoxy) is 1. The minimum Gasteiger partial charge on any atom is -0.493 e. The van der Waals surface area contributed by atoms with Crippen molar-refractivity contribution in [3.63, 3.8) is 0 Å². The number of carboxylic acids is 1. The van der Waals surface area contributed by atoms with E-state index in [-0.39, 0.29) is 13.0 Å². The summed E-state index contributed by atoms with van der Waals surface area (Å²) in [6.07, 6.45) is 1.63. The number of rotatable bonds is 5. The fourth-order valence-corrected chi connectivity index (χ4v) is 1.51. The number of carbonyl (C=O) groups is 1. The number of hydrogen-bond donors (Lipinski definition) is 1. The first-order valence-electron chi connectivity index (χ1n) is 5.48. The van der Waals surface area contributed by atoms with Crippen molar-refractivity contribution in [2.24, 2.45) is 0 Å². The lowest BCUT2D eigenvalue weighted by molar-refractivity contribution is -0.137. The zero-order chi connectivity index (χ0) is 13.0. The van der Waals surface area contributed by atoms with Crippen LogP contribution < -0.4 is 4.74 Å². The molecule has 0 atom stereocenters. The second kappa shape index (κ2) is 5.31. The van der Waals surface area contributed by atoms with Crippen LogP contribution in [0.4, 0.5) is 0 Å². The number of hydrogen-bond acceptors (Lipinski definition) is 4. The van der Waals surface area contributed by atoms with E-state index in [1.54, 1.807) is 18.5 Å². The molecule has 18 heavy (non-hydrogen) atoms. The van der Waals surface area contributed by atoms with Crippen molar-refractivity contribution in [1.29, 1.82) is 0 Å². The van der Waals surface area contributed by atoms with E-state index in [0.29, 0.717) is 5.75 Å². The van der Waals surface area contributed by atoms with E-state index >= 15 is 0 Å². The van der Waals surface area contributed by atoms with Crippen molar-refractivity contribution in [1.82, 2.24) is 14.8 Å². The smallest absolute Gasteiger partial charge is 0.306 e. The summed E-state index contributed by atoms with van der Waals surface area (Å²) in [5, 5.41) is 16.2. The first-order valence-corrected chi connectivity index (χ1v) is 5.48. The van der Waals surface area contributed by atoms with Gasteiger partial charge in [0.25, 0.3) is 0 Å². The van der Waals surface area contributed by atoms with E-state index in [4.69, 9.17) is 9.84 Å². The third-order valence-corrected chi connectivity index (χ3v) is 2.42. The van der Waals surface area contributed by atoms with Crippen LogP contribution in [-0.2, 0) is 4.79 Å². The highest BCUT2D eigenvalue weighted by Crippen LogP contribution is 2.16. The van der Waals surface area contributed by atoms with Gasteiger partial charge in [0.2, 0.25) is 0 Å². The van der Waals surface area contributed by atoms with Crippen LogP contribution in [0.5, 0.6) is 5.75 Å². The molecule has 0 amide bonds. The van der Waals surface area contributed by atoms with Crippen LogP contribution in [0.2, 0.25) is 0 Å². The first kappa shape index (κ1) is 12.1. The molecule has 1 aromatic heterocycles. The predicted molar refractivity (Wildman–Crippen MR) is 63.8 cm³/mol. The number of aliphatic carboxylic acids is 1. The van der Waals surface area contributed by atoms with Gasteiger partial charge in [-0.15, -0.1) is 10.2 Å². The second-order valence-corrected chi connectivity index (χ2v) is 3.73. The summed E-state index contributed by atoms with van der Waals surface area (Å²) >= 11 is 0. The van der Waals surface area contributed by atoms with Crippen LogP contribution in [0.3, 0.4) is 0 Å². The SMILES string of the molecule is Cc1nncn1-c1ccc(OCCC(=O)O)cc1. The lowest BCUT2D eigenvalue weighted by Crippen LogP contribution is -2.04. The van der Waals surface area contributed by atoms with Gasteiger partial charge in [-0.1, -0.05) is 0 Å². The molecule has 1 aromatic carbocycles. The Morgan fingerprint density at radius 3 is 2.67 bits per heavy atom. The van der Waals surface area contributed by atoms with Crippen molar-refractivity contribution < 1.29 is 14.6 Å². The topological polar surface area (TPSA) is 77.2 Å². The molecule has 6 heteroatoms. The minimum atomic E-state index is -0.869. The molecule has 1 N–H and O–H groups in total. The molecule has 2 rings (SSSR count). The largest absolute Gasteiger partial charge is 0.493 e. The number of aromatic nitrogens is 3. The minimum absolute atomic E-state index is 0.00764. The summed E-state index contributed by atoms with van der Waals surface area (Å²) in [6.45, 7) is 2.03. The highest BCUT2D eigenvalue weighted by Gasteiger charge is 2.02. The van der Waals surface area contributed by atoms with E-state index in [9.17, 15) is 4.79 Å². The van der Waals surface area contributed by atoms with Gasteiger partial charge in [0.1, 0.15) is 17.9 Å². The average molecular weight is 247 g/mol. The maximum atomic E-state index is 10.3. The van der Waals surface area contributed by atoms with E-state index in [0.717, 1.165) is 11.5 Å². The van der Waals surface area contributed by atoms with Gasteiger partial charge in [0.15, 0.2) is 0 Å². The lowest BCUT2D eigenvalue weighted by Gasteiger charge is -2.07. The van der Waals surface area contributed by atoms with Gasteiger partial charge >= 0.3 is 5.97 Å². The Morgan fingerprint density at radius 1 is 1.39 bits per heavy atom. The molecule has 0 bridgehead atoms. The van der Waals surface area contributed by atoms with Crippen LogP contribution in [0, 0.1) is 6.92 Å². The number of carboxylic acid groups (broad SMARTS) is 1. The summed E-state index contributed by atoms with van der Waals surface area (Å²) in [5.74, 6) is 0.576. The first-order chi connectivity index (χ1) is 8.66. The molecule has 0 radical (unpaired) electrons. The molecule has 94 valence electrons. The highest BCUT2D eigenvalue weighted by atomic mass is 16.5. The van der Waals surface area contributed by atoms with Gasteiger partial charge in [-0.3, -0.25) is 9.36 Å². The van der Waals surface area contributed by atoms with Crippen LogP contribution in [0.15, 0.2) is 30.6 Å². The molecule has 0 unspecified atom stereocenters. The molecule has 0 aliphatic carbocycles. The zero-order valence-corrected chi connectivity index (χ0v) is 9.91. The van der Waals surface area contributed by atoms with Crippen molar-refractivity contribution in [3.05, 3.63) is 36.4 Å². The van der Waals surface area contributed by atoms with Crippen LogP contribution in [0.1, 0.15) is 12.2 Å². The summed E-state index contributed by atoms with van der Waals surface area (Å²) in [7, 11) is 0. The Kier molecular flexibility index (Phi) is 3.57. The lowest BCUT2D eigenvalue weighted by atomic mass is 10.3. The molecule has 0 fully saturated rings. The summed E-state index contributed by atoms with van der Waals surface area (Å²) in [6, 6.07) is 7.31.